The van der Waals surface area contributed by atoms with Crippen molar-refractivity contribution in [3.8, 4) is 17.1 Å². The summed E-state index contributed by atoms with van der Waals surface area (Å²) in [7, 11) is 0. The van der Waals surface area contributed by atoms with E-state index in [1.54, 1.807) is 18.2 Å². The molecule has 8 nitrogen and oxygen atoms in total. The highest BCUT2D eigenvalue weighted by Gasteiger charge is 2.35. The van der Waals surface area contributed by atoms with Crippen LogP contribution in [0.15, 0.2) is 91.0 Å². The van der Waals surface area contributed by atoms with Crippen LogP contribution >= 0.6 is 0 Å². The van der Waals surface area contributed by atoms with Gasteiger partial charge in [0.15, 0.2) is 5.78 Å². The summed E-state index contributed by atoms with van der Waals surface area (Å²) in [5.41, 5.74) is 5.51. The molecule has 4 aromatic carbocycles. The minimum atomic E-state index is -4.55. The molecule has 1 saturated heterocycles. The van der Waals surface area contributed by atoms with Gasteiger partial charge in [-0.25, -0.2) is 9.97 Å². The number of ketones is 1. The molecular weight excluding hydrogens is 581 g/mol. The molecule has 0 unspecified atom stereocenters. The number of benzene rings is 4. The first-order chi connectivity index (χ1) is 21.8. The van der Waals surface area contributed by atoms with Crippen molar-refractivity contribution in [1.82, 2.24) is 24.8 Å². The number of imidazole rings is 2. The molecule has 0 saturated carbocycles. The number of hydrogen-bond donors (Lipinski definition) is 2. The van der Waals surface area contributed by atoms with Gasteiger partial charge in [-0.3, -0.25) is 9.69 Å². The number of rotatable bonds is 8. The monoisotopic (exact) mass is 610 g/mol. The highest BCUT2D eigenvalue weighted by molar-refractivity contribution is 6.09. The maximum Gasteiger partial charge on any atom is 0.449 e. The fourth-order valence-corrected chi connectivity index (χ4v) is 5.70. The summed E-state index contributed by atoms with van der Waals surface area (Å²) in [5, 5.41) is 0. The van der Waals surface area contributed by atoms with Crippen molar-refractivity contribution in [2.75, 3.05) is 44.2 Å². The number of para-hydroxylation sites is 2. The van der Waals surface area contributed by atoms with Crippen LogP contribution in [0.4, 0.5) is 18.9 Å². The van der Waals surface area contributed by atoms with Gasteiger partial charge >= 0.3 is 6.18 Å². The van der Waals surface area contributed by atoms with Gasteiger partial charge < -0.3 is 19.6 Å². The van der Waals surface area contributed by atoms with E-state index in [1.807, 2.05) is 66.7 Å². The number of anilines is 1. The minimum absolute atomic E-state index is 0.0192. The van der Waals surface area contributed by atoms with Crippen LogP contribution in [-0.4, -0.2) is 69.9 Å². The van der Waals surface area contributed by atoms with E-state index in [9.17, 15) is 18.0 Å². The lowest BCUT2D eigenvalue weighted by Gasteiger charge is -2.36. The van der Waals surface area contributed by atoms with Crippen LogP contribution in [0, 0.1) is 0 Å². The Hall–Kier alpha value is -5.16. The predicted molar refractivity (Wildman–Crippen MR) is 167 cm³/mol. The number of ether oxygens (including phenoxy) is 1. The third kappa shape index (κ3) is 5.86. The Labute approximate surface area is 256 Å². The van der Waals surface area contributed by atoms with Gasteiger partial charge in [0.1, 0.15) is 29.2 Å². The number of nitrogens with zero attached hydrogens (tertiary/aromatic N) is 4. The van der Waals surface area contributed by atoms with E-state index < -0.39 is 12.0 Å². The lowest BCUT2D eigenvalue weighted by molar-refractivity contribution is -0.144. The summed E-state index contributed by atoms with van der Waals surface area (Å²) in [6.07, 6.45) is -4.55. The van der Waals surface area contributed by atoms with Crippen molar-refractivity contribution < 1.29 is 22.7 Å². The molecule has 0 radical (unpaired) electrons. The van der Waals surface area contributed by atoms with Gasteiger partial charge in [-0.2, -0.15) is 13.2 Å². The molecule has 6 aromatic rings. The van der Waals surface area contributed by atoms with E-state index in [0.717, 1.165) is 54.3 Å². The number of fused-ring (bicyclic) bond motifs is 2. The van der Waals surface area contributed by atoms with Gasteiger partial charge in [-0.1, -0.05) is 66.7 Å². The van der Waals surface area contributed by atoms with Gasteiger partial charge in [0, 0.05) is 49.4 Å². The van der Waals surface area contributed by atoms with Crippen LogP contribution < -0.4 is 9.64 Å². The van der Waals surface area contributed by atoms with Gasteiger partial charge in [0.05, 0.1) is 16.7 Å². The standard InChI is InChI=1S/C34H29F3N6O2/c35-34(36,37)33-39-26-9-5-11-28(30(26)41-33)45-21-20-42-16-18-43(19-17-42)27-10-4-8-25-29(27)40-32(38-25)24-14-12-23(13-15-24)31(44)22-6-2-1-3-7-22/h1-15H,16-21H2,(H,38,40)(H,39,41). The second-order valence-electron chi connectivity index (χ2n) is 10.9. The first-order valence-electron chi connectivity index (χ1n) is 14.7. The Balaban J connectivity index is 0.982. The molecular formula is C34H29F3N6O2. The number of aromatic amines is 2. The van der Waals surface area contributed by atoms with Crippen molar-refractivity contribution in [3.63, 3.8) is 0 Å². The number of hydrogen-bond acceptors (Lipinski definition) is 6. The smallest absolute Gasteiger partial charge is 0.449 e. The Kier molecular flexibility index (Phi) is 7.46. The third-order valence-corrected chi connectivity index (χ3v) is 8.07. The number of carbonyl (C=O) groups excluding carboxylic acids is 1. The zero-order valence-electron chi connectivity index (χ0n) is 24.1. The number of aromatic nitrogens is 4. The minimum Gasteiger partial charge on any atom is -0.490 e. The van der Waals surface area contributed by atoms with Crippen LogP contribution in [0.2, 0.25) is 0 Å². The molecule has 1 aliphatic rings. The number of piperazine rings is 1. The molecule has 1 fully saturated rings. The molecule has 0 aliphatic carbocycles. The van der Waals surface area contributed by atoms with Crippen LogP contribution in [0.5, 0.6) is 5.75 Å². The Morgan fingerprint density at radius 3 is 2.18 bits per heavy atom. The molecule has 3 heterocycles. The summed E-state index contributed by atoms with van der Waals surface area (Å²) in [5.74, 6) is 0.0174. The average Bonchev–Trinajstić information content (AvgIpc) is 3.71. The molecule has 228 valence electrons. The van der Waals surface area contributed by atoms with E-state index in [-0.39, 0.29) is 11.3 Å². The third-order valence-electron chi connectivity index (χ3n) is 8.07. The first-order valence-corrected chi connectivity index (χ1v) is 14.7. The van der Waals surface area contributed by atoms with Crippen LogP contribution in [0.3, 0.4) is 0 Å². The normalized spacial score (nSPS) is 14.3. The van der Waals surface area contributed by atoms with E-state index in [0.29, 0.717) is 35.5 Å². The predicted octanol–water partition coefficient (Wildman–Crippen LogP) is 6.56. The second-order valence-corrected chi connectivity index (χ2v) is 10.9. The van der Waals surface area contributed by atoms with Gasteiger partial charge in [-0.05, 0) is 24.3 Å². The zero-order chi connectivity index (χ0) is 31.0. The largest absolute Gasteiger partial charge is 0.490 e. The van der Waals surface area contributed by atoms with Crippen LogP contribution in [0.1, 0.15) is 21.7 Å². The molecule has 1 aliphatic heterocycles. The topological polar surface area (TPSA) is 90.1 Å². The summed E-state index contributed by atoms with van der Waals surface area (Å²) in [6.45, 7) is 4.17. The van der Waals surface area contributed by atoms with Crippen molar-refractivity contribution in [2.45, 2.75) is 6.18 Å². The maximum atomic E-state index is 13.1. The van der Waals surface area contributed by atoms with Crippen molar-refractivity contribution >= 4 is 33.5 Å². The van der Waals surface area contributed by atoms with Gasteiger partial charge in [0.2, 0.25) is 5.82 Å². The van der Waals surface area contributed by atoms with Gasteiger partial charge in [-0.15, -0.1) is 0 Å². The Bertz CT molecular complexity index is 1960. The lowest BCUT2D eigenvalue weighted by atomic mass is 10.0. The van der Waals surface area contributed by atoms with E-state index in [4.69, 9.17) is 9.72 Å². The van der Waals surface area contributed by atoms with Crippen LogP contribution in [-0.2, 0) is 6.18 Å². The highest BCUT2D eigenvalue weighted by atomic mass is 19.4. The number of alkyl halides is 3. The number of halogens is 3. The zero-order valence-corrected chi connectivity index (χ0v) is 24.1. The van der Waals surface area contributed by atoms with Gasteiger partial charge in [0.25, 0.3) is 0 Å². The quantitative estimate of drug-likeness (QED) is 0.190. The number of H-pyrrole nitrogens is 2. The Morgan fingerprint density at radius 2 is 1.44 bits per heavy atom. The molecule has 45 heavy (non-hydrogen) atoms. The van der Waals surface area contributed by atoms with Crippen molar-refractivity contribution in [2.24, 2.45) is 0 Å². The number of nitrogens with one attached hydrogen (secondary N) is 2. The SMILES string of the molecule is O=C(c1ccccc1)c1ccc(-c2nc3c(N4CCN(CCOc5cccc6[nH]c(C(F)(F)F)nc56)CC4)cccc3[nH]2)cc1. The number of carbonyl (C=O) groups is 1. The lowest BCUT2D eigenvalue weighted by Crippen LogP contribution is -2.47. The van der Waals surface area contributed by atoms with Crippen molar-refractivity contribution in [1.29, 1.82) is 0 Å². The van der Waals surface area contributed by atoms with Crippen LogP contribution in [0.25, 0.3) is 33.5 Å². The molecule has 2 aromatic heterocycles. The summed E-state index contributed by atoms with van der Waals surface area (Å²) in [6, 6.07) is 27.6. The van der Waals surface area contributed by atoms with E-state index >= 15 is 0 Å². The summed E-state index contributed by atoms with van der Waals surface area (Å²) in [4.78, 5) is 31.8. The molecule has 0 atom stereocenters. The Morgan fingerprint density at radius 1 is 0.756 bits per heavy atom. The van der Waals surface area contributed by atoms with Crippen molar-refractivity contribution in [3.05, 3.63) is 108 Å². The van der Waals surface area contributed by atoms with E-state index in [1.165, 1.54) is 0 Å². The molecule has 0 spiro atoms. The summed E-state index contributed by atoms with van der Waals surface area (Å²) >= 11 is 0. The summed E-state index contributed by atoms with van der Waals surface area (Å²) < 4.78 is 45.2. The highest BCUT2D eigenvalue weighted by Crippen LogP contribution is 2.32. The molecule has 0 bridgehead atoms. The first kappa shape index (κ1) is 28.6. The van der Waals surface area contributed by atoms with E-state index in [2.05, 4.69) is 30.8 Å². The average molecular weight is 611 g/mol. The fraction of sp³-hybridized carbons (Fsp3) is 0.206. The fourth-order valence-electron chi connectivity index (χ4n) is 5.70. The maximum absolute atomic E-state index is 13.1. The second kappa shape index (κ2) is 11.7. The molecule has 11 heteroatoms. The molecule has 2 N–H and O–H groups in total. The molecule has 7 rings (SSSR count). The molecule has 0 amide bonds.